The lowest BCUT2D eigenvalue weighted by atomic mass is 9.74. The Morgan fingerprint density at radius 2 is 1.82 bits per heavy atom. The maximum Gasteiger partial charge on any atom is 0.313 e. The van der Waals surface area contributed by atoms with Crippen LogP contribution in [-0.2, 0) is 33.4 Å². The van der Waals surface area contributed by atoms with E-state index in [0.717, 1.165) is 11.1 Å². The van der Waals surface area contributed by atoms with Crippen LogP contribution in [0.1, 0.15) is 55.9 Å². The molecule has 0 saturated carbocycles. The van der Waals surface area contributed by atoms with E-state index in [-0.39, 0.29) is 43.9 Å². The van der Waals surface area contributed by atoms with Crippen molar-refractivity contribution in [3.05, 3.63) is 89.5 Å². The average molecular weight is 700 g/mol. The molecule has 2 aromatic carbocycles. The Labute approximate surface area is 299 Å². The summed E-state index contributed by atoms with van der Waals surface area (Å²) in [6, 6.07) is 12.4. The van der Waals surface area contributed by atoms with Gasteiger partial charge in [-0.15, -0.1) is 0 Å². The summed E-state index contributed by atoms with van der Waals surface area (Å²) in [5.41, 5.74) is 1.67. The molecule has 2 saturated heterocycles. The van der Waals surface area contributed by atoms with E-state index in [2.05, 4.69) is 5.32 Å². The summed E-state index contributed by atoms with van der Waals surface area (Å²) >= 11 is 0. The summed E-state index contributed by atoms with van der Waals surface area (Å²) in [6.45, 7) is 7.66. The van der Waals surface area contributed by atoms with Gasteiger partial charge in [-0.3, -0.25) is 19.2 Å². The summed E-state index contributed by atoms with van der Waals surface area (Å²) in [5, 5.41) is 13.8. The van der Waals surface area contributed by atoms with Gasteiger partial charge in [0.1, 0.15) is 23.7 Å². The molecule has 2 N–H and O–H groups in total. The molecular weight excluding hydrogens is 650 g/mol. The van der Waals surface area contributed by atoms with Gasteiger partial charge in [0, 0.05) is 25.8 Å². The number of carbonyl (C=O) groups is 4. The van der Waals surface area contributed by atoms with Crippen LogP contribution in [0.15, 0.2) is 72.8 Å². The van der Waals surface area contributed by atoms with Crippen LogP contribution in [0.25, 0.3) is 0 Å². The van der Waals surface area contributed by atoms with Crippen LogP contribution in [0, 0.1) is 31.6 Å². The molecule has 4 aliphatic heterocycles. The number of aliphatic hydroxyl groups excluding tert-OH is 1. The number of cyclic esters (lactones) is 1. The van der Waals surface area contributed by atoms with E-state index in [9.17, 15) is 19.5 Å². The number of benzene rings is 2. The Hall–Kier alpha value is -4.32. The standard InChI is InChI=1S/C40H49N3O8/c1-6-25(3)30(22-44)43-36-38(47)42(29-21-24(2)16-17-26(29)4)20-12-8-11-15-32(45)41-28(23-49-5)35(27-13-9-7-10-14-27)50-39(48)33-31-18-19-40(36,51-31)34(33)37(43)46/h7-10,12-14,16-19,21,25,28,30-31,33-36,44H,6,11,15,20,22-23H2,1-5H3,(H,41,45)/b12-8-/t25-,28+,30-,31-,33+,34+,35+,36-,40+/m0/s1. The third-order valence-electron chi connectivity index (χ3n) is 11.0. The summed E-state index contributed by atoms with van der Waals surface area (Å²) in [6.07, 6.45) is 6.68. The Bertz CT molecular complexity index is 1690. The first-order chi connectivity index (χ1) is 24.6. The molecule has 11 heteroatoms. The van der Waals surface area contributed by atoms with Crippen LogP contribution in [-0.4, -0.2) is 90.4 Å². The molecule has 2 aromatic rings. The fourth-order valence-electron chi connectivity index (χ4n) is 8.20. The number of amides is 3. The van der Waals surface area contributed by atoms with Crippen LogP contribution >= 0.6 is 0 Å². The van der Waals surface area contributed by atoms with Crippen LogP contribution in [0.4, 0.5) is 5.69 Å². The number of carbonyl (C=O) groups excluding carboxylic acids is 4. The SMILES string of the molecule is CC[C@H](C)[C@H](CO)N1C(=O)[C@H]2[C@@H]3C(=O)O[C@H](c4ccccc4)[C@@H](COC)NC(=O)CC/C=C\CN(c4cc(C)ccc4C)C(=O)[C@H]1[C@@]21C=C[C@@H]3O1. The van der Waals surface area contributed by atoms with Gasteiger partial charge in [0.05, 0.1) is 37.3 Å². The molecule has 0 aliphatic carbocycles. The lowest BCUT2D eigenvalue weighted by Crippen LogP contribution is -2.59. The normalized spacial score (nSPS) is 31.3. The van der Waals surface area contributed by atoms with Crippen LogP contribution in [0.2, 0.25) is 0 Å². The molecule has 5 bridgehead atoms. The number of hydrogen-bond donors (Lipinski definition) is 2. The number of aliphatic hydroxyl groups is 1. The van der Waals surface area contributed by atoms with Crippen LogP contribution < -0.4 is 10.2 Å². The zero-order valence-electron chi connectivity index (χ0n) is 30.0. The van der Waals surface area contributed by atoms with E-state index >= 15 is 4.79 Å². The van der Waals surface area contributed by atoms with Gasteiger partial charge in [-0.1, -0.05) is 87.0 Å². The number of nitrogens with one attached hydrogen (secondary N) is 1. The third-order valence-corrected chi connectivity index (χ3v) is 11.0. The van der Waals surface area contributed by atoms with E-state index in [1.165, 1.54) is 12.0 Å². The highest BCUT2D eigenvalue weighted by molar-refractivity contribution is 6.06. The molecule has 11 nitrogen and oxygen atoms in total. The van der Waals surface area contributed by atoms with Crippen molar-refractivity contribution in [3.8, 4) is 0 Å². The number of ether oxygens (including phenoxy) is 3. The Kier molecular flexibility index (Phi) is 10.8. The lowest BCUT2D eigenvalue weighted by Gasteiger charge is -2.40. The second-order valence-corrected chi connectivity index (χ2v) is 14.2. The Morgan fingerprint density at radius 3 is 2.53 bits per heavy atom. The number of hydrogen-bond acceptors (Lipinski definition) is 8. The topological polar surface area (TPSA) is 135 Å². The first kappa shape index (κ1) is 36.5. The summed E-state index contributed by atoms with van der Waals surface area (Å²) < 4.78 is 18.5. The number of nitrogens with zero attached hydrogens (tertiary/aromatic N) is 2. The molecule has 3 amide bonds. The molecule has 4 aliphatic rings. The minimum atomic E-state index is -1.47. The van der Waals surface area contributed by atoms with Gasteiger partial charge in [-0.05, 0) is 48.9 Å². The number of likely N-dealkylation sites (tertiary alicyclic amines) is 1. The number of anilines is 1. The highest BCUT2D eigenvalue weighted by atomic mass is 16.6. The first-order valence-corrected chi connectivity index (χ1v) is 17.9. The second-order valence-electron chi connectivity index (χ2n) is 14.2. The highest BCUT2D eigenvalue weighted by Crippen LogP contribution is 2.57. The molecule has 1 spiro atoms. The van der Waals surface area contributed by atoms with Crippen LogP contribution in [0.3, 0.4) is 0 Å². The molecule has 4 heterocycles. The molecular formula is C40H49N3O8. The Morgan fingerprint density at radius 1 is 1.06 bits per heavy atom. The predicted molar refractivity (Wildman–Crippen MR) is 190 cm³/mol. The van der Waals surface area contributed by atoms with E-state index < -0.39 is 59.6 Å². The van der Waals surface area contributed by atoms with Crippen molar-refractivity contribution >= 4 is 29.4 Å². The zero-order chi connectivity index (χ0) is 36.4. The summed E-state index contributed by atoms with van der Waals surface area (Å²) in [7, 11) is 1.51. The monoisotopic (exact) mass is 699 g/mol. The van der Waals surface area contributed by atoms with Gasteiger partial charge in [0.2, 0.25) is 11.8 Å². The van der Waals surface area contributed by atoms with E-state index in [4.69, 9.17) is 14.2 Å². The molecule has 9 atom stereocenters. The highest BCUT2D eigenvalue weighted by Gasteiger charge is 2.74. The number of allylic oxidation sites excluding steroid dienone is 1. The number of rotatable bonds is 8. The minimum absolute atomic E-state index is 0.0630. The number of methoxy groups -OCH3 is 1. The predicted octanol–water partition coefficient (Wildman–Crippen LogP) is 3.96. The number of esters is 1. The first-order valence-electron chi connectivity index (χ1n) is 17.9. The van der Waals surface area contributed by atoms with Crippen molar-refractivity contribution < 1.29 is 38.5 Å². The fraction of sp³-hybridized carbons (Fsp3) is 0.500. The molecule has 2 fully saturated rings. The van der Waals surface area contributed by atoms with Crippen molar-refractivity contribution in [2.45, 2.75) is 82.9 Å². The van der Waals surface area contributed by atoms with Crippen molar-refractivity contribution in [3.63, 3.8) is 0 Å². The molecule has 51 heavy (non-hydrogen) atoms. The summed E-state index contributed by atoms with van der Waals surface area (Å²) in [4.78, 5) is 61.1. The fourth-order valence-corrected chi connectivity index (χ4v) is 8.20. The van der Waals surface area contributed by atoms with Gasteiger partial charge >= 0.3 is 5.97 Å². The lowest BCUT2D eigenvalue weighted by molar-refractivity contribution is -0.162. The zero-order valence-corrected chi connectivity index (χ0v) is 30.0. The average Bonchev–Trinajstić information content (AvgIpc) is 3.77. The van der Waals surface area contributed by atoms with Crippen LogP contribution in [0.5, 0.6) is 0 Å². The van der Waals surface area contributed by atoms with Gasteiger partial charge in [-0.2, -0.15) is 0 Å². The maximum atomic E-state index is 15.3. The summed E-state index contributed by atoms with van der Waals surface area (Å²) in [5.74, 6) is -4.06. The van der Waals surface area contributed by atoms with E-state index in [1.807, 2.05) is 88.4 Å². The van der Waals surface area contributed by atoms with E-state index in [1.54, 1.807) is 17.1 Å². The smallest absolute Gasteiger partial charge is 0.313 e. The second kappa shape index (κ2) is 15.1. The van der Waals surface area contributed by atoms with Gasteiger partial charge in [0.25, 0.3) is 5.91 Å². The number of aryl methyl sites for hydroxylation is 2. The van der Waals surface area contributed by atoms with Crippen molar-refractivity contribution in [1.82, 2.24) is 10.2 Å². The van der Waals surface area contributed by atoms with E-state index in [0.29, 0.717) is 24.1 Å². The Balaban J connectivity index is 1.51. The van der Waals surface area contributed by atoms with Gasteiger partial charge < -0.3 is 34.4 Å². The molecule has 0 radical (unpaired) electrons. The van der Waals surface area contributed by atoms with Gasteiger partial charge in [-0.25, -0.2) is 0 Å². The largest absolute Gasteiger partial charge is 0.455 e. The maximum absolute atomic E-state index is 15.3. The minimum Gasteiger partial charge on any atom is -0.455 e. The third kappa shape index (κ3) is 6.63. The molecule has 272 valence electrons. The quantitative estimate of drug-likeness (QED) is 0.313. The molecule has 6 rings (SSSR count). The van der Waals surface area contributed by atoms with Crippen molar-refractivity contribution in [2.75, 3.05) is 31.8 Å². The molecule has 0 aromatic heterocycles. The van der Waals surface area contributed by atoms with Crippen molar-refractivity contribution in [1.29, 1.82) is 0 Å². The molecule has 0 unspecified atom stereocenters. The van der Waals surface area contributed by atoms with Gasteiger partial charge in [0.15, 0.2) is 0 Å². The van der Waals surface area contributed by atoms with Crippen molar-refractivity contribution in [2.24, 2.45) is 17.8 Å². The number of fused-ring (bicyclic) bond motifs is 2.